The van der Waals surface area contributed by atoms with Crippen molar-refractivity contribution in [3.8, 4) is 17.5 Å². The molecule has 182 valence electrons. The molecule has 0 aliphatic carbocycles. The van der Waals surface area contributed by atoms with Crippen molar-refractivity contribution in [2.24, 2.45) is 0 Å². The van der Waals surface area contributed by atoms with Crippen LogP contribution >= 0.6 is 0 Å². The lowest BCUT2D eigenvalue weighted by Gasteiger charge is -2.20. The van der Waals surface area contributed by atoms with Crippen LogP contribution in [0.5, 0.6) is 0 Å². The zero-order chi connectivity index (χ0) is 26.1. The molecule has 10 heteroatoms. The number of hydrogen-bond donors (Lipinski definition) is 3. The average molecular weight is 491 g/mol. The van der Waals surface area contributed by atoms with E-state index in [0.717, 1.165) is 0 Å². The normalized spacial score (nSPS) is 11.6. The Morgan fingerprint density at radius 2 is 1.92 bits per heavy atom. The highest BCUT2D eigenvalue weighted by Gasteiger charge is 2.24. The minimum Gasteiger partial charge on any atom is -0.381 e. The highest BCUT2D eigenvalue weighted by Crippen LogP contribution is 2.22. The lowest BCUT2D eigenvalue weighted by atomic mass is 10.1. The predicted molar refractivity (Wildman–Crippen MR) is 141 cm³/mol. The number of nitrogen functional groups attached to an aromatic ring is 1. The number of amides is 1. The maximum Gasteiger partial charge on any atom is 0.267 e. The van der Waals surface area contributed by atoms with Crippen molar-refractivity contribution in [2.45, 2.75) is 19.9 Å². The molecule has 0 radical (unpaired) electrons. The van der Waals surface area contributed by atoms with Gasteiger partial charge in [-0.05, 0) is 50.1 Å². The Labute approximate surface area is 211 Å². The molecule has 4 N–H and O–H groups in total. The second-order valence-electron chi connectivity index (χ2n) is 8.36. The number of nitrogens with one attached hydrogen (secondary N) is 2. The SMILES string of the molecule is CC(=N)C#Cc1cccc2nc([C@H](C)NC(=O)c3c(N)nn4cccnc34)n(-c3ccccc3)c(=O)c12. The van der Waals surface area contributed by atoms with E-state index in [1.165, 1.54) is 9.08 Å². The van der Waals surface area contributed by atoms with Crippen molar-refractivity contribution in [3.63, 3.8) is 0 Å². The molecule has 2 aromatic carbocycles. The zero-order valence-electron chi connectivity index (χ0n) is 20.1. The number of carbonyl (C=O) groups is 1. The molecule has 5 rings (SSSR count). The lowest BCUT2D eigenvalue weighted by molar-refractivity contribution is 0.0940. The molecule has 1 atom stereocenters. The number of nitrogens with two attached hydrogens (primary N) is 1. The van der Waals surface area contributed by atoms with Crippen LogP contribution in [0.4, 0.5) is 5.82 Å². The quantitative estimate of drug-likeness (QED) is 0.261. The molecule has 0 saturated heterocycles. The highest BCUT2D eigenvalue weighted by atomic mass is 16.2. The van der Waals surface area contributed by atoms with Gasteiger partial charge < -0.3 is 11.1 Å². The standard InChI is InChI=1S/C27H22N8O2/c1-16(28)12-13-18-8-6-11-20-21(18)27(37)35(19-9-4-3-5-10-19)24(32-20)17(2)31-26(36)22-23(29)33-34-15-7-14-30-25(22)34/h3-11,14-15,17,28H,1-2H3,(H2,29,33)(H,31,36)/t17-/m0/s1. The van der Waals surface area contributed by atoms with Crippen LogP contribution in [0.2, 0.25) is 0 Å². The second-order valence-corrected chi connectivity index (χ2v) is 8.36. The summed E-state index contributed by atoms with van der Waals surface area (Å²) in [6, 6.07) is 15.2. The summed E-state index contributed by atoms with van der Waals surface area (Å²) in [6.45, 7) is 3.32. The van der Waals surface area contributed by atoms with Gasteiger partial charge in [0.2, 0.25) is 0 Å². The van der Waals surface area contributed by atoms with Crippen LogP contribution in [-0.2, 0) is 0 Å². The van der Waals surface area contributed by atoms with Crippen LogP contribution < -0.4 is 16.6 Å². The molecule has 0 spiro atoms. The first-order valence-electron chi connectivity index (χ1n) is 11.4. The van der Waals surface area contributed by atoms with Crippen LogP contribution in [0.15, 0.2) is 71.8 Å². The average Bonchev–Trinajstić information content (AvgIpc) is 3.23. The van der Waals surface area contributed by atoms with E-state index in [1.807, 2.05) is 18.2 Å². The van der Waals surface area contributed by atoms with Gasteiger partial charge in [0.15, 0.2) is 11.5 Å². The van der Waals surface area contributed by atoms with Gasteiger partial charge >= 0.3 is 0 Å². The van der Waals surface area contributed by atoms with E-state index in [1.54, 1.807) is 62.6 Å². The van der Waals surface area contributed by atoms with E-state index in [4.69, 9.17) is 16.1 Å². The summed E-state index contributed by atoms with van der Waals surface area (Å²) in [5.41, 5.74) is 7.82. The first-order chi connectivity index (χ1) is 17.8. The summed E-state index contributed by atoms with van der Waals surface area (Å²) in [5.74, 6) is 5.49. The van der Waals surface area contributed by atoms with Gasteiger partial charge in [-0.3, -0.25) is 19.6 Å². The van der Waals surface area contributed by atoms with Gasteiger partial charge in [0.1, 0.15) is 11.4 Å². The third kappa shape index (κ3) is 4.30. The molecule has 1 amide bonds. The second kappa shape index (κ2) is 9.39. The van der Waals surface area contributed by atoms with Crippen LogP contribution in [-0.4, -0.2) is 35.8 Å². The Kier molecular flexibility index (Phi) is 5.95. The zero-order valence-corrected chi connectivity index (χ0v) is 20.1. The van der Waals surface area contributed by atoms with Crippen LogP contribution in [0.3, 0.4) is 0 Å². The summed E-state index contributed by atoms with van der Waals surface area (Å²) in [6.07, 6.45) is 3.20. The van der Waals surface area contributed by atoms with Gasteiger partial charge in [-0.2, -0.15) is 0 Å². The maximum atomic E-state index is 13.9. The summed E-state index contributed by atoms with van der Waals surface area (Å²) in [5, 5.41) is 15.0. The maximum absolute atomic E-state index is 13.9. The van der Waals surface area contributed by atoms with E-state index in [0.29, 0.717) is 33.6 Å². The Bertz CT molecular complexity index is 1810. The van der Waals surface area contributed by atoms with Gasteiger partial charge in [-0.1, -0.05) is 30.2 Å². The Hall–Kier alpha value is -5.30. The number of para-hydroxylation sites is 1. The minimum absolute atomic E-state index is 0.0417. The van der Waals surface area contributed by atoms with E-state index in [-0.39, 0.29) is 22.7 Å². The summed E-state index contributed by atoms with van der Waals surface area (Å²) < 4.78 is 2.90. The number of aromatic nitrogens is 5. The van der Waals surface area contributed by atoms with Crippen molar-refractivity contribution in [1.29, 1.82) is 5.41 Å². The number of rotatable bonds is 4. The van der Waals surface area contributed by atoms with Gasteiger partial charge in [-0.15, -0.1) is 5.10 Å². The van der Waals surface area contributed by atoms with E-state index < -0.39 is 11.9 Å². The molecule has 5 aromatic rings. The van der Waals surface area contributed by atoms with Crippen LogP contribution in [0, 0.1) is 17.3 Å². The Morgan fingerprint density at radius 1 is 1.14 bits per heavy atom. The largest absolute Gasteiger partial charge is 0.381 e. The molecule has 0 aliphatic heterocycles. The molecule has 3 aromatic heterocycles. The van der Waals surface area contributed by atoms with Crippen molar-refractivity contribution >= 4 is 34.0 Å². The first-order valence-corrected chi connectivity index (χ1v) is 11.4. The fourth-order valence-electron chi connectivity index (χ4n) is 4.08. The topological polar surface area (TPSA) is 144 Å². The molecule has 0 bridgehead atoms. The van der Waals surface area contributed by atoms with Crippen LogP contribution in [0.1, 0.15) is 41.6 Å². The monoisotopic (exact) mass is 490 g/mol. The molecule has 0 saturated carbocycles. The molecule has 37 heavy (non-hydrogen) atoms. The third-order valence-electron chi connectivity index (χ3n) is 5.71. The van der Waals surface area contributed by atoms with Crippen molar-refractivity contribution in [2.75, 3.05) is 5.73 Å². The number of anilines is 1. The van der Waals surface area contributed by atoms with E-state index in [9.17, 15) is 9.59 Å². The number of carbonyl (C=O) groups excluding carboxylic acids is 1. The van der Waals surface area contributed by atoms with Gasteiger partial charge in [-0.25, -0.2) is 14.5 Å². The number of benzene rings is 2. The smallest absolute Gasteiger partial charge is 0.267 e. The number of fused-ring (bicyclic) bond motifs is 2. The predicted octanol–water partition coefficient (Wildman–Crippen LogP) is 2.89. The molecule has 3 heterocycles. The molecular weight excluding hydrogens is 468 g/mol. The first kappa shape index (κ1) is 23.4. The highest BCUT2D eigenvalue weighted by molar-refractivity contribution is 6.04. The van der Waals surface area contributed by atoms with E-state index in [2.05, 4.69) is 27.2 Å². The molecule has 0 unspecified atom stereocenters. The fourth-order valence-corrected chi connectivity index (χ4v) is 4.08. The molecule has 0 aliphatic rings. The van der Waals surface area contributed by atoms with Crippen molar-refractivity contribution in [3.05, 3.63) is 94.3 Å². The summed E-state index contributed by atoms with van der Waals surface area (Å²) in [4.78, 5) is 36.2. The molecular formula is C27H22N8O2. The third-order valence-corrected chi connectivity index (χ3v) is 5.71. The summed E-state index contributed by atoms with van der Waals surface area (Å²) >= 11 is 0. The Morgan fingerprint density at radius 3 is 2.68 bits per heavy atom. The van der Waals surface area contributed by atoms with Crippen molar-refractivity contribution < 1.29 is 4.79 Å². The van der Waals surface area contributed by atoms with Gasteiger partial charge in [0.25, 0.3) is 11.5 Å². The Balaban J connectivity index is 1.66. The van der Waals surface area contributed by atoms with Gasteiger partial charge in [0, 0.05) is 18.0 Å². The summed E-state index contributed by atoms with van der Waals surface area (Å²) in [7, 11) is 0. The minimum atomic E-state index is -0.693. The molecule has 10 nitrogen and oxygen atoms in total. The number of hydrogen-bond acceptors (Lipinski definition) is 7. The fraction of sp³-hybridized carbons (Fsp3) is 0.111. The van der Waals surface area contributed by atoms with Crippen LogP contribution in [0.25, 0.3) is 22.2 Å². The lowest BCUT2D eigenvalue weighted by Crippen LogP contribution is -2.33. The molecule has 0 fully saturated rings. The van der Waals surface area contributed by atoms with Crippen molar-refractivity contribution in [1.82, 2.24) is 29.5 Å². The number of nitrogens with zero attached hydrogens (tertiary/aromatic N) is 5. The van der Waals surface area contributed by atoms with E-state index >= 15 is 0 Å². The van der Waals surface area contributed by atoms with Gasteiger partial charge in [0.05, 0.1) is 28.3 Å².